The van der Waals surface area contributed by atoms with Crippen molar-refractivity contribution in [2.24, 2.45) is 5.41 Å². The monoisotopic (exact) mass is 220 g/mol. The first-order valence-corrected chi connectivity index (χ1v) is 5.76. The van der Waals surface area contributed by atoms with Crippen molar-refractivity contribution in [2.75, 3.05) is 0 Å². The molecule has 0 saturated carbocycles. The van der Waals surface area contributed by atoms with Gasteiger partial charge in [0, 0.05) is 26.3 Å². The van der Waals surface area contributed by atoms with Crippen LogP contribution in [0.4, 0.5) is 0 Å². The molecule has 0 heterocycles. The molecule has 0 atom stereocenters. The van der Waals surface area contributed by atoms with Crippen LogP contribution >= 0.6 is 0 Å². The number of allylic oxidation sites excluding steroid dienone is 3. The molecule has 0 N–H and O–H groups in total. The van der Waals surface area contributed by atoms with Crippen LogP contribution in [0.5, 0.6) is 0 Å². The van der Waals surface area contributed by atoms with Gasteiger partial charge in [0.15, 0.2) is 18.0 Å². The maximum atomic E-state index is 3.76. The summed E-state index contributed by atoms with van der Waals surface area (Å²) < 4.78 is 2.19. The fraction of sp³-hybridized carbons (Fsp3) is 0.533. The van der Waals surface area contributed by atoms with Gasteiger partial charge in [-0.05, 0) is 11.5 Å². The van der Waals surface area contributed by atoms with Gasteiger partial charge in [-0.25, -0.2) is 4.58 Å². The summed E-state index contributed by atoms with van der Waals surface area (Å²) >= 11 is 0. The quantitative estimate of drug-likeness (QED) is 0.371. The molecule has 0 unspecified atom stereocenters. The number of hydrogen-bond acceptors (Lipinski definition) is 0. The lowest BCUT2D eigenvalue weighted by atomic mass is 9.81. The lowest BCUT2D eigenvalue weighted by Gasteiger charge is -2.28. The van der Waals surface area contributed by atoms with Crippen LogP contribution in [0.15, 0.2) is 37.6 Å². The van der Waals surface area contributed by atoms with Gasteiger partial charge in [-0.1, -0.05) is 40.0 Å². The molecule has 0 rings (SSSR count). The molecule has 0 aromatic carbocycles. The smallest absolute Gasteiger partial charge is 0.169 e. The fourth-order valence-electron chi connectivity index (χ4n) is 2.11. The first-order valence-electron chi connectivity index (χ1n) is 5.76. The average Bonchev–Trinajstić information content (AvgIpc) is 2.07. The maximum absolute atomic E-state index is 3.76. The summed E-state index contributed by atoms with van der Waals surface area (Å²) in [5, 5.41) is 0. The summed E-state index contributed by atoms with van der Waals surface area (Å²) in [7, 11) is 0. The number of hydrogen-bond donors (Lipinski definition) is 0. The van der Waals surface area contributed by atoms with E-state index in [0.717, 1.165) is 6.42 Å². The zero-order valence-electron chi connectivity index (χ0n) is 11.5. The third-order valence-corrected chi connectivity index (χ3v) is 2.31. The van der Waals surface area contributed by atoms with Crippen molar-refractivity contribution in [2.45, 2.75) is 46.6 Å². The second-order valence-electron chi connectivity index (χ2n) is 5.92. The Kier molecular flexibility index (Phi) is 5.43. The summed E-state index contributed by atoms with van der Waals surface area (Å²) in [6.45, 7) is 18.7. The van der Waals surface area contributed by atoms with Crippen LogP contribution in [-0.4, -0.2) is 16.3 Å². The molecule has 0 radical (unpaired) electrons. The molecular weight excluding hydrogens is 194 g/mol. The van der Waals surface area contributed by atoms with Crippen LogP contribution in [0.1, 0.15) is 41.0 Å². The average molecular weight is 220 g/mol. The fourth-order valence-corrected chi connectivity index (χ4v) is 2.11. The first-order chi connectivity index (χ1) is 7.23. The minimum Gasteiger partial charge on any atom is -0.200 e. The van der Waals surface area contributed by atoms with E-state index >= 15 is 0 Å². The largest absolute Gasteiger partial charge is 0.200 e. The molecule has 0 bridgehead atoms. The van der Waals surface area contributed by atoms with Gasteiger partial charge < -0.3 is 0 Å². The molecule has 1 nitrogen and oxygen atoms in total. The Balaban J connectivity index is 5.04. The Hall–Kier alpha value is -1.11. The second kappa shape index (κ2) is 5.83. The van der Waals surface area contributed by atoms with Gasteiger partial charge in [0.05, 0.1) is 0 Å². The summed E-state index contributed by atoms with van der Waals surface area (Å²) in [5.41, 5.74) is 0.380. The van der Waals surface area contributed by atoms with E-state index in [0.29, 0.717) is 5.41 Å². The third-order valence-electron chi connectivity index (χ3n) is 2.31. The highest BCUT2D eigenvalue weighted by molar-refractivity contribution is 5.65. The van der Waals surface area contributed by atoms with Crippen LogP contribution in [0.25, 0.3) is 0 Å². The lowest BCUT2D eigenvalue weighted by molar-refractivity contribution is -0.539. The lowest BCUT2D eigenvalue weighted by Crippen LogP contribution is -2.37. The zero-order valence-corrected chi connectivity index (χ0v) is 11.5. The minimum absolute atomic E-state index is 0.0753. The first kappa shape index (κ1) is 14.9. The van der Waals surface area contributed by atoms with Crippen molar-refractivity contribution in [1.82, 2.24) is 0 Å². The highest BCUT2D eigenvalue weighted by Gasteiger charge is 2.33. The summed E-state index contributed by atoms with van der Waals surface area (Å²) in [5.74, 6) is 0. The summed E-state index contributed by atoms with van der Waals surface area (Å²) in [6, 6.07) is 0. The van der Waals surface area contributed by atoms with Crippen molar-refractivity contribution in [3.8, 4) is 0 Å². The molecular formula is C15H26N+. The molecule has 0 spiro atoms. The summed E-state index contributed by atoms with van der Waals surface area (Å²) in [4.78, 5) is 0. The van der Waals surface area contributed by atoms with E-state index in [2.05, 4.69) is 52.4 Å². The molecule has 0 aliphatic carbocycles. The Morgan fingerprint density at radius 2 is 1.56 bits per heavy atom. The Morgan fingerprint density at radius 1 is 1.00 bits per heavy atom. The predicted molar refractivity (Wildman–Crippen MR) is 74.0 cm³/mol. The van der Waals surface area contributed by atoms with E-state index in [-0.39, 0.29) is 5.54 Å². The highest BCUT2D eigenvalue weighted by Crippen LogP contribution is 2.29. The van der Waals surface area contributed by atoms with E-state index in [9.17, 15) is 0 Å². The molecule has 16 heavy (non-hydrogen) atoms. The second-order valence-corrected chi connectivity index (χ2v) is 5.92. The Labute approximate surface area is 101 Å². The SMILES string of the molecule is C=CC=[N+](/C=C\C=C)C(C)(C)CC(C)(C)C. The van der Waals surface area contributed by atoms with Crippen LogP contribution in [-0.2, 0) is 0 Å². The van der Waals surface area contributed by atoms with Gasteiger partial charge in [0.1, 0.15) is 0 Å². The van der Waals surface area contributed by atoms with E-state index in [1.807, 2.05) is 24.6 Å². The van der Waals surface area contributed by atoms with Crippen LogP contribution < -0.4 is 0 Å². The summed E-state index contributed by atoms with van der Waals surface area (Å²) in [6.07, 6.45) is 10.7. The van der Waals surface area contributed by atoms with Crippen molar-refractivity contribution in [1.29, 1.82) is 0 Å². The van der Waals surface area contributed by atoms with Crippen LogP contribution in [0, 0.1) is 5.41 Å². The highest BCUT2D eigenvalue weighted by atomic mass is 15.1. The van der Waals surface area contributed by atoms with Crippen LogP contribution in [0.3, 0.4) is 0 Å². The van der Waals surface area contributed by atoms with Gasteiger partial charge in [-0.15, -0.1) is 0 Å². The Bertz CT molecular complexity index is 298. The molecule has 1 heteroatoms. The van der Waals surface area contributed by atoms with Crippen molar-refractivity contribution in [3.05, 3.63) is 37.6 Å². The molecule has 0 aliphatic rings. The number of nitrogens with zero attached hydrogens (tertiary/aromatic N) is 1. The minimum atomic E-state index is 0.0753. The number of rotatable bonds is 5. The van der Waals surface area contributed by atoms with Crippen molar-refractivity contribution >= 4 is 6.21 Å². The molecule has 0 amide bonds. The van der Waals surface area contributed by atoms with Crippen molar-refractivity contribution < 1.29 is 4.58 Å². The molecule has 0 saturated heterocycles. The Morgan fingerprint density at radius 3 is 1.94 bits per heavy atom. The molecule has 0 aromatic heterocycles. The van der Waals surface area contributed by atoms with E-state index in [4.69, 9.17) is 0 Å². The third kappa shape index (κ3) is 5.69. The van der Waals surface area contributed by atoms with Gasteiger partial charge in [-0.2, -0.15) is 0 Å². The molecule has 0 aliphatic heterocycles. The standard InChI is InChI=1S/C15H26N/c1-8-10-12-16(11-9-2)15(6,7)13-14(3,4)5/h8-12H,1-2,13H2,3-7H3/q+1/b12-10-,16-11?. The van der Waals surface area contributed by atoms with E-state index in [1.165, 1.54) is 0 Å². The van der Waals surface area contributed by atoms with E-state index < -0.39 is 0 Å². The van der Waals surface area contributed by atoms with Gasteiger partial charge in [-0.3, -0.25) is 0 Å². The van der Waals surface area contributed by atoms with E-state index in [1.54, 1.807) is 6.08 Å². The molecule has 90 valence electrons. The molecule has 0 fully saturated rings. The van der Waals surface area contributed by atoms with Gasteiger partial charge >= 0.3 is 0 Å². The molecule has 0 aromatic rings. The normalized spacial score (nSPS) is 14.2. The predicted octanol–water partition coefficient (Wildman–Crippen LogP) is 4.17. The zero-order chi connectivity index (χ0) is 12.8. The van der Waals surface area contributed by atoms with Crippen molar-refractivity contribution in [3.63, 3.8) is 0 Å². The topological polar surface area (TPSA) is 3.01 Å². The van der Waals surface area contributed by atoms with Crippen LogP contribution in [0.2, 0.25) is 0 Å². The maximum Gasteiger partial charge on any atom is 0.169 e. The van der Waals surface area contributed by atoms with Gasteiger partial charge in [0.2, 0.25) is 0 Å². The van der Waals surface area contributed by atoms with Gasteiger partial charge in [0.25, 0.3) is 0 Å².